The third-order valence-electron chi connectivity index (χ3n) is 4.74. The molecule has 28 heavy (non-hydrogen) atoms. The van der Waals surface area contributed by atoms with Crippen molar-refractivity contribution < 1.29 is 4.79 Å². The molecule has 1 amide bonds. The largest absolute Gasteiger partial charge is 0.352 e. The molecule has 1 aromatic carbocycles. The van der Waals surface area contributed by atoms with Crippen LogP contribution in [0.15, 0.2) is 35.7 Å². The summed E-state index contributed by atoms with van der Waals surface area (Å²) in [6, 6.07) is 9.90. The van der Waals surface area contributed by atoms with Crippen LogP contribution in [0.4, 0.5) is 0 Å². The minimum Gasteiger partial charge on any atom is -0.352 e. The molecule has 0 spiro atoms. The molecule has 0 radical (unpaired) electrons. The number of rotatable bonds is 7. The van der Waals surface area contributed by atoms with Gasteiger partial charge in [-0.3, -0.25) is 4.79 Å². The summed E-state index contributed by atoms with van der Waals surface area (Å²) in [7, 11) is 0. The molecular weight excluding hydrogens is 390 g/mol. The monoisotopic (exact) mass is 415 g/mol. The van der Waals surface area contributed by atoms with Crippen molar-refractivity contribution in [3.63, 3.8) is 0 Å². The Bertz CT molecular complexity index is 974. The van der Waals surface area contributed by atoms with Gasteiger partial charge in [0.15, 0.2) is 0 Å². The van der Waals surface area contributed by atoms with Crippen molar-refractivity contribution in [2.24, 2.45) is 0 Å². The van der Waals surface area contributed by atoms with Crippen molar-refractivity contribution in [3.05, 3.63) is 52.0 Å². The second-order valence-corrected chi connectivity index (χ2v) is 8.38. The van der Waals surface area contributed by atoms with Crippen LogP contribution in [0.1, 0.15) is 55.7 Å². The van der Waals surface area contributed by atoms with Crippen molar-refractivity contribution >= 4 is 28.8 Å². The van der Waals surface area contributed by atoms with Crippen LogP contribution in [0.3, 0.4) is 0 Å². The van der Waals surface area contributed by atoms with Gasteiger partial charge < -0.3 is 9.88 Å². The normalized spacial score (nSPS) is 11.2. The molecule has 148 valence electrons. The van der Waals surface area contributed by atoms with E-state index in [9.17, 15) is 4.79 Å². The lowest BCUT2D eigenvalue weighted by Gasteiger charge is -2.15. The topological polar surface area (TPSA) is 46.9 Å². The first-order valence-electron chi connectivity index (χ1n) is 9.64. The standard InChI is InChI=1S/C22H26ClN3OS/c1-5-6-11-24-21(27)17-12-20(26(14(2)3)15(17)4)19-13-28-22(25-19)16-9-7-8-10-18(16)23/h7-10,12-14H,5-6,11H2,1-4H3,(H,24,27). The Kier molecular flexibility index (Phi) is 6.57. The molecule has 0 bridgehead atoms. The number of halogens is 1. The average Bonchev–Trinajstić information content (AvgIpc) is 3.27. The van der Waals surface area contributed by atoms with Gasteiger partial charge in [0.2, 0.25) is 0 Å². The Labute approximate surface area is 175 Å². The first kappa shape index (κ1) is 20.6. The van der Waals surface area contributed by atoms with Crippen molar-refractivity contribution in [3.8, 4) is 22.0 Å². The number of amides is 1. The summed E-state index contributed by atoms with van der Waals surface area (Å²) in [5.74, 6) is -0.0202. The third-order valence-corrected chi connectivity index (χ3v) is 5.94. The molecule has 2 aromatic heterocycles. The predicted octanol–water partition coefficient (Wildman–Crippen LogP) is 6.35. The number of benzene rings is 1. The minimum atomic E-state index is -0.0202. The molecule has 0 fully saturated rings. The van der Waals surface area contributed by atoms with Crippen LogP contribution in [0.25, 0.3) is 22.0 Å². The number of aromatic nitrogens is 2. The summed E-state index contributed by atoms with van der Waals surface area (Å²) < 4.78 is 2.18. The van der Waals surface area contributed by atoms with Gasteiger partial charge in [0, 0.05) is 29.2 Å². The zero-order chi connectivity index (χ0) is 20.3. The number of carbonyl (C=O) groups excluding carboxylic acids is 1. The molecule has 3 rings (SSSR count). The molecule has 0 saturated heterocycles. The Balaban J connectivity index is 1.99. The smallest absolute Gasteiger partial charge is 0.253 e. The van der Waals surface area contributed by atoms with Crippen molar-refractivity contribution in [2.75, 3.05) is 6.54 Å². The first-order chi connectivity index (χ1) is 13.4. The zero-order valence-corrected chi connectivity index (χ0v) is 18.3. The number of hydrogen-bond acceptors (Lipinski definition) is 3. The van der Waals surface area contributed by atoms with Gasteiger partial charge in [-0.15, -0.1) is 11.3 Å². The molecule has 2 heterocycles. The zero-order valence-electron chi connectivity index (χ0n) is 16.8. The summed E-state index contributed by atoms with van der Waals surface area (Å²) in [4.78, 5) is 17.5. The van der Waals surface area contributed by atoms with Crippen LogP contribution in [0, 0.1) is 6.92 Å². The Morgan fingerprint density at radius 1 is 1.32 bits per heavy atom. The molecule has 0 atom stereocenters. The van der Waals surface area contributed by atoms with Crippen LogP contribution in [0.5, 0.6) is 0 Å². The van der Waals surface area contributed by atoms with E-state index in [0.29, 0.717) is 17.1 Å². The van der Waals surface area contributed by atoms with Gasteiger partial charge in [0.25, 0.3) is 5.91 Å². The maximum Gasteiger partial charge on any atom is 0.253 e. The van der Waals surface area contributed by atoms with Gasteiger partial charge in [0.1, 0.15) is 5.01 Å². The van der Waals surface area contributed by atoms with Crippen LogP contribution < -0.4 is 5.32 Å². The number of unbranched alkanes of at least 4 members (excludes halogenated alkanes) is 1. The van der Waals surface area contributed by atoms with Gasteiger partial charge in [0.05, 0.1) is 22.0 Å². The third kappa shape index (κ3) is 4.15. The van der Waals surface area contributed by atoms with Gasteiger partial charge >= 0.3 is 0 Å². The quantitative estimate of drug-likeness (QED) is 0.457. The summed E-state index contributed by atoms with van der Waals surface area (Å²) >= 11 is 7.90. The van der Waals surface area contributed by atoms with Crippen LogP contribution >= 0.6 is 22.9 Å². The molecule has 0 saturated carbocycles. The second kappa shape index (κ2) is 8.93. The summed E-state index contributed by atoms with van der Waals surface area (Å²) in [6.07, 6.45) is 2.04. The summed E-state index contributed by atoms with van der Waals surface area (Å²) in [5.41, 5.74) is 4.43. The first-order valence-corrected chi connectivity index (χ1v) is 10.9. The molecule has 1 N–H and O–H groups in total. The Morgan fingerprint density at radius 2 is 2.07 bits per heavy atom. The van der Waals surface area contributed by atoms with Gasteiger partial charge in [-0.05, 0) is 39.3 Å². The highest BCUT2D eigenvalue weighted by atomic mass is 35.5. The van der Waals surface area contributed by atoms with Gasteiger partial charge in [-0.1, -0.05) is 43.1 Å². The lowest BCUT2D eigenvalue weighted by molar-refractivity contribution is 0.0952. The number of carbonyl (C=O) groups is 1. The highest BCUT2D eigenvalue weighted by Crippen LogP contribution is 2.35. The Morgan fingerprint density at radius 3 is 2.75 bits per heavy atom. The highest BCUT2D eigenvalue weighted by molar-refractivity contribution is 7.13. The summed E-state index contributed by atoms with van der Waals surface area (Å²) in [5, 5.41) is 6.62. The van der Waals surface area contributed by atoms with Crippen LogP contribution in [-0.2, 0) is 0 Å². The Hall–Kier alpha value is -2.11. The molecule has 6 heteroatoms. The molecule has 0 unspecified atom stereocenters. The molecule has 4 nitrogen and oxygen atoms in total. The van der Waals surface area contributed by atoms with E-state index in [1.165, 1.54) is 0 Å². The van der Waals surface area contributed by atoms with Crippen LogP contribution in [-0.4, -0.2) is 22.0 Å². The number of nitrogens with one attached hydrogen (secondary N) is 1. The van der Waals surface area contributed by atoms with Crippen LogP contribution in [0.2, 0.25) is 5.02 Å². The van der Waals surface area contributed by atoms with E-state index in [0.717, 1.165) is 40.5 Å². The fraction of sp³-hybridized carbons (Fsp3) is 0.364. The van der Waals surface area contributed by atoms with E-state index < -0.39 is 0 Å². The second-order valence-electron chi connectivity index (χ2n) is 7.12. The van der Waals surface area contributed by atoms with Crippen molar-refractivity contribution in [2.45, 2.75) is 46.6 Å². The lowest BCUT2D eigenvalue weighted by Crippen LogP contribution is -2.24. The molecule has 0 aliphatic heterocycles. The SMILES string of the molecule is CCCCNC(=O)c1cc(-c2csc(-c3ccccc3Cl)n2)n(C(C)C)c1C. The van der Waals surface area contributed by atoms with E-state index >= 15 is 0 Å². The van der Waals surface area contributed by atoms with E-state index in [4.69, 9.17) is 16.6 Å². The highest BCUT2D eigenvalue weighted by Gasteiger charge is 2.21. The predicted molar refractivity (Wildman–Crippen MR) is 118 cm³/mol. The maximum absolute atomic E-state index is 12.7. The van der Waals surface area contributed by atoms with Gasteiger partial charge in [-0.2, -0.15) is 0 Å². The molecule has 0 aliphatic carbocycles. The fourth-order valence-corrected chi connectivity index (χ4v) is 4.47. The van der Waals surface area contributed by atoms with E-state index in [1.807, 2.05) is 42.6 Å². The maximum atomic E-state index is 12.7. The number of nitrogens with zero attached hydrogens (tertiary/aromatic N) is 2. The van der Waals surface area contributed by atoms with E-state index in [-0.39, 0.29) is 11.9 Å². The van der Waals surface area contributed by atoms with E-state index in [2.05, 4.69) is 30.7 Å². The fourth-order valence-electron chi connectivity index (χ4n) is 3.34. The molecular formula is C22H26ClN3OS. The molecule has 3 aromatic rings. The summed E-state index contributed by atoms with van der Waals surface area (Å²) in [6.45, 7) is 9.06. The van der Waals surface area contributed by atoms with Crippen molar-refractivity contribution in [1.82, 2.24) is 14.9 Å². The average molecular weight is 416 g/mol. The lowest BCUT2D eigenvalue weighted by atomic mass is 10.2. The number of thiazole rings is 1. The number of hydrogen-bond donors (Lipinski definition) is 1. The molecule has 0 aliphatic rings. The van der Waals surface area contributed by atoms with Gasteiger partial charge in [-0.25, -0.2) is 4.98 Å². The van der Waals surface area contributed by atoms with E-state index in [1.54, 1.807) is 11.3 Å². The minimum absolute atomic E-state index is 0.0202. The van der Waals surface area contributed by atoms with Crippen molar-refractivity contribution in [1.29, 1.82) is 0 Å².